The topological polar surface area (TPSA) is 21.3 Å². The molecule has 0 atom stereocenters. The molecule has 0 saturated heterocycles. The summed E-state index contributed by atoms with van der Waals surface area (Å²) in [5.41, 5.74) is 17.4. The lowest BCUT2D eigenvalue weighted by Crippen LogP contribution is -2.13. The summed E-state index contributed by atoms with van der Waals surface area (Å²) >= 11 is 0. The SMILES string of the molecule is c1ccc(-c2ccc(-c3ccccc3)c(N(c3ccc(-c4cccc5c4oc4ccccc45)cc3-c3ccccc3)c3cccc4c3c3ccccc3n4-c3ccccc3)c2)cc1. The quantitative estimate of drug-likeness (QED) is 0.153. The number of furan rings is 1. The van der Waals surface area contributed by atoms with Crippen molar-refractivity contribution in [1.29, 1.82) is 0 Å². The maximum absolute atomic E-state index is 6.63. The summed E-state index contributed by atoms with van der Waals surface area (Å²) < 4.78 is 9.04. The molecule has 2 heterocycles. The molecule has 2 aromatic heterocycles. The zero-order chi connectivity index (χ0) is 41.7. The fourth-order valence-corrected chi connectivity index (χ4v) is 9.54. The van der Waals surface area contributed by atoms with Crippen molar-refractivity contribution in [2.75, 3.05) is 4.90 Å². The fourth-order valence-electron chi connectivity index (χ4n) is 9.54. The first-order valence-electron chi connectivity index (χ1n) is 21.5. The van der Waals surface area contributed by atoms with Crippen LogP contribution in [0.2, 0.25) is 0 Å². The van der Waals surface area contributed by atoms with Gasteiger partial charge in [-0.1, -0.05) is 188 Å². The average molecular weight is 805 g/mol. The van der Waals surface area contributed by atoms with Crippen LogP contribution in [0.1, 0.15) is 0 Å². The van der Waals surface area contributed by atoms with E-state index in [4.69, 9.17) is 4.42 Å². The zero-order valence-electron chi connectivity index (χ0n) is 34.4. The van der Waals surface area contributed by atoms with E-state index in [9.17, 15) is 0 Å². The first kappa shape index (κ1) is 36.5. The molecule has 0 radical (unpaired) electrons. The molecule has 0 amide bonds. The van der Waals surface area contributed by atoms with Gasteiger partial charge >= 0.3 is 0 Å². The molecule has 0 bridgehead atoms. The van der Waals surface area contributed by atoms with Crippen molar-refractivity contribution in [1.82, 2.24) is 4.57 Å². The van der Waals surface area contributed by atoms with Crippen molar-refractivity contribution in [2.24, 2.45) is 0 Å². The lowest BCUT2D eigenvalue weighted by molar-refractivity contribution is 0.670. The van der Waals surface area contributed by atoms with Gasteiger partial charge in [0.2, 0.25) is 0 Å². The van der Waals surface area contributed by atoms with E-state index < -0.39 is 0 Å². The summed E-state index contributed by atoms with van der Waals surface area (Å²) in [5, 5.41) is 4.60. The first-order chi connectivity index (χ1) is 31.3. The molecule has 0 unspecified atom stereocenters. The van der Waals surface area contributed by atoms with E-state index in [1.807, 2.05) is 6.07 Å². The molecule has 0 aliphatic rings. The van der Waals surface area contributed by atoms with Gasteiger partial charge in [-0.15, -0.1) is 0 Å². The summed E-state index contributed by atoms with van der Waals surface area (Å²) in [6.45, 7) is 0. The number of benzene rings is 10. The highest BCUT2D eigenvalue weighted by Crippen LogP contribution is 2.51. The smallest absolute Gasteiger partial charge is 0.143 e. The molecule has 0 aliphatic carbocycles. The summed E-state index contributed by atoms with van der Waals surface area (Å²) in [5.74, 6) is 0. The van der Waals surface area contributed by atoms with E-state index in [0.29, 0.717) is 0 Å². The van der Waals surface area contributed by atoms with E-state index in [-0.39, 0.29) is 0 Å². The molecule has 0 saturated carbocycles. The van der Waals surface area contributed by atoms with Crippen molar-refractivity contribution < 1.29 is 4.42 Å². The largest absolute Gasteiger partial charge is 0.455 e. The highest BCUT2D eigenvalue weighted by molar-refractivity contribution is 6.18. The third-order valence-corrected chi connectivity index (χ3v) is 12.4. The number of nitrogens with zero attached hydrogens (tertiary/aromatic N) is 2. The van der Waals surface area contributed by atoms with E-state index in [2.05, 4.69) is 246 Å². The number of fused-ring (bicyclic) bond motifs is 6. The van der Waals surface area contributed by atoms with E-state index >= 15 is 0 Å². The second-order valence-electron chi connectivity index (χ2n) is 16.0. The fraction of sp³-hybridized carbons (Fsp3) is 0. The van der Waals surface area contributed by atoms with Crippen LogP contribution in [0.5, 0.6) is 0 Å². The van der Waals surface area contributed by atoms with Crippen LogP contribution in [0.3, 0.4) is 0 Å². The Balaban J connectivity index is 1.20. The molecule has 0 spiro atoms. The van der Waals surface area contributed by atoms with Gasteiger partial charge in [-0.2, -0.15) is 0 Å². The lowest BCUT2D eigenvalue weighted by Gasteiger charge is -2.31. The average Bonchev–Trinajstić information content (AvgIpc) is 3.92. The monoisotopic (exact) mass is 804 g/mol. The maximum atomic E-state index is 6.63. The van der Waals surface area contributed by atoms with E-state index in [0.717, 1.165) is 100 Å². The van der Waals surface area contributed by atoms with Crippen LogP contribution < -0.4 is 4.90 Å². The predicted molar refractivity (Wildman–Crippen MR) is 264 cm³/mol. The van der Waals surface area contributed by atoms with Gasteiger partial charge in [0.25, 0.3) is 0 Å². The van der Waals surface area contributed by atoms with E-state index in [1.54, 1.807) is 0 Å². The van der Waals surface area contributed by atoms with E-state index in [1.165, 1.54) is 10.8 Å². The van der Waals surface area contributed by atoms with Crippen molar-refractivity contribution in [3.63, 3.8) is 0 Å². The molecule has 63 heavy (non-hydrogen) atoms. The second kappa shape index (κ2) is 15.3. The first-order valence-corrected chi connectivity index (χ1v) is 21.5. The Morgan fingerprint density at radius 2 is 0.905 bits per heavy atom. The molecule has 10 aromatic carbocycles. The van der Waals surface area contributed by atoms with Crippen LogP contribution in [0.15, 0.2) is 247 Å². The third kappa shape index (κ3) is 6.21. The van der Waals surface area contributed by atoms with Crippen molar-refractivity contribution in [3.05, 3.63) is 243 Å². The molecule has 0 aliphatic heterocycles. The number of anilines is 3. The summed E-state index contributed by atoms with van der Waals surface area (Å²) in [7, 11) is 0. The molecule has 0 fully saturated rings. The van der Waals surface area contributed by atoms with Gasteiger partial charge in [0.1, 0.15) is 11.2 Å². The van der Waals surface area contributed by atoms with Crippen LogP contribution in [0.25, 0.3) is 93.9 Å². The molecule has 0 N–H and O–H groups in total. The minimum Gasteiger partial charge on any atom is -0.455 e. The molecule has 12 rings (SSSR count). The molecule has 3 nitrogen and oxygen atoms in total. The Morgan fingerprint density at radius 1 is 0.317 bits per heavy atom. The van der Waals surface area contributed by atoms with Crippen LogP contribution in [0, 0.1) is 0 Å². The highest BCUT2D eigenvalue weighted by atomic mass is 16.3. The van der Waals surface area contributed by atoms with Crippen LogP contribution in [-0.2, 0) is 0 Å². The molecule has 12 aromatic rings. The van der Waals surface area contributed by atoms with Crippen LogP contribution >= 0.6 is 0 Å². The summed E-state index contributed by atoms with van der Waals surface area (Å²) in [6.07, 6.45) is 0. The molecule has 3 heteroatoms. The minimum absolute atomic E-state index is 0.889. The Labute approximate surface area is 366 Å². The summed E-state index contributed by atoms with van der Waals surface area (Å²) in [6, 6.07) is 87.3. The zero-order valence-corrected chi connectivity index (χ0v) is 34.4. The van der Waals surface area contributed by atoms with Crippen LogP contribution in [0.4, 0.5) is 17.1 Å². The summed E-state index contributed by atoms with van der Waals surface area (Å²) in [4.78, 5) is 2.52. The third-order valence-electron chi connectivity index (χ3n) is 12.4. The molecular formula is C60H40N2O. The second-order valence-corrected chi connectivity index (χ2v) is 16.0. The molecular weight excluding hydrogens is 765 g/mol. The Bertz CT molecular complexity index is 3610. The van der Waals surface area contributed by atoms with Gasteiger partial charge < -0.3 is 13.9 Å². The normalized spacial score (nSPS) is 11.5. The van der Waals surface area contributed by atoms with Gasteiger partial charge in [-0.05, 0) is 82.4 Å². The van der Waals surface area contributed by atoms with Crippen LogP contribution in [-0.4, -0.2) is 4.57 Å². The van der Waals surface area contributed by atoms with Crippen molar-refractivity contribution >= 4 is 60.8 Å². The Hall–Kier alpha value is -8.40. The van der Waals surface area contributed by atoms with Gasteiger partial charge in [0.15, 0.2) is 0 Å². The number of hydrogen-bond donors (Lipinski definition) is 0. The van der Waals surface area contributed by atoms with Gasteiger partial charge in [-0.3, -0.25) is 0 Å². The number of hydrogen-bond acceptors (Lipinski definition) is 2. The lowest BCUT2D eigenvalue weighted by atomic mass is 9.93. The predicted octanol–water partition coefficient (Wildman–Crippen LogP) is 16.8. The number of aromatic nitrogens is 1. The highest BCUT2D eigenvalue weighted by Gasteiger charge is 2.26. The Morgan fingerprint density at radius 3 is 1.67 bits per heavy atom. The Kier molecular flexibility index (Phi) is 8.83. The number of para-hydroxylation sites is 4. The van der Waals surface area contributed by atoms with Crippen molar-refractivity contribution in [2.45, 2.75) is 0 Å². The van der Waals surface area contributed by atoms with Gasteiger partial charge in [0, 0.05) is 43.9 Å². The van der Waals surface area contributed by atoms with Gasteiger partial charge in [0.05, 0.1) is 28.1 Å². The minimum atomic E-state index is 0.889. The van der Waals surface area contributed by atoms with Gasteiger partial charge in [-0.25, -0.2) is 0 Å². The number of rotatable bonds is 8. The van der Waals surface area contributed by atoms with Crippen molar-refractivity contribution in [3.8, 4) is 50.2 Å². The standard InChI is InChI=1S/C60H40N2O/c1-5-19-41(20-6-1)44-35-37-47(42-21-7-2-8-22-42)57(40-44)62(56-33-18-32-55-59(56)51-28-13-15-31-53(51)61(55)46-25-11-4-12-26-46)54-38-36-45(39-52(54)43-23-9-3-10-24-43)48-29-17-30-50-49-27-14-16-34-58(49)63-60(48)50/h1-40H. The molecule has 296 valence electrons. The maximum Gasteiger partial charge on any atom is 0.143 e.